The molecule has 0 spiro atoms. The van der Waals surface area contributed by atoms with E-state index in [4.69, 9.17) is 11.6 Å². The van der Waals surface area contributed by atoms with E-state index in [9.17, 15) is 0 Å². The Morgan fingerprint density at radius 2 is 2.14 bits per heavy atom. The molecule has 0 radical (unpaired) electrons. The lowest BCUT2D eigenvalue weighted by atomic mass is 9.99. The SMILES string of the molecule is Clc1ccccc1CC1CSCC1Br. The van der Waals surface area contributed by atoms with E-state index in [1.165, 1.54) is 17.1 Å². The molecule has 2 unspecified atom stereocenters. The first-order valence-corrected chi connectivity index (χ1v) is 7.17. The van der Waals surface area contributed by atoms with E-state index in [-0.39, 0.29) is 0 Å². The Bertz CT molecular complexity index is 316. The molecule has 1 saturated heterocycles. The van der Waals surface area contributed by atoms with Gasteiger partial charge in [-0.05, 0) is 29.7 Å². The summed E-state index contributed by atoms with van der Waals surface area (Å²) in [5, 5.41) is 0.907. The van der Waals surface area contributed by atoms with Gasteiger partial charge in [0.15, 0.2) is 0 Å². The fraction of sp³-hybridized carbons (Fsp3) is 0.455. The molecule has 1 heterocycles. The lowest BCUT2D eigenvalue weighted by Gasteiger charge is -2.13. The monoisotopic (exact) mass is 290 g/mol. The highest BCUT2D eigenvalue weighted by Gasteiger charge is 2.25. The topological polar surface area (TPSA) is 0 Å². The summed E-state index contributed by atoms with van der Waals surface area (Å²) in [5.74, 6) is 3.22. The summed E-state index contributed by atoms with van der Waals surface area (Å²) in [5.41, 5.74) is 1.28. The minimum absolute atomic E-state index is 0.656. The summed E-state index contributed by atoms with van der Waals surface area (Å²) in [4.78, 5) is 0.656. The molecule has 1 fully saturated rings. The van der Waals surface area contributed by atoms with E-state index < -0.39 is 0 Å². The number of halogens is 2. The normalized spacial score (nSPS) is 26.7. The number of benzene rings is 1. The fourth-order valence-corrected chi connectivity index (χ4v) is 4.39. The predicted molar refractivity (Wildman–Crippen MR) is 68.7 cm³/mol. The van der Waals surface area contributed by atoms with Crippen molar-refractivity contribution in [2.75, 3.05) is 11.5 Å². The van der Waals surface area contributed by atoms with Crippen LogP contribution in [0, 0.1) is 5.92 Å². The van der Waals surface area contributed by atoms with E-state index in [1.807, 2.05) is 23.9 Å². The maximum Gasteiger partial charge on any atom is 0.0438 e. The van der Waals surface area contributed by atoms with Gasteiger partial charge in [-0.3, -0.25) is 0 Å². The van der Waals surface area contributed by atoms with E-state index in [0.717, 1.165) is 17.4 Å². The first kappa shape index (κ1) is 10.8. The third-order valence-electron chi connectivity index (χ3n) is 2.56. The summed E-state index contributed by atoms with van der Waals surface area (Å²) in [6, 6.07) is 8.15. The van der Waals surface area contributed by atoms with Crippen molar-refractivity contribution in [3.63, 3.8) is 0 Å². The zero-order valence-electron chi connectivity index (χ0n) is 7.75. The molecule has 3 heteroatoms. The summed E-state index contributed by atoms with van der Waals surface area (Å²) in [6.07, 6.45) is 1.10. The molecule has 0 bridgehead atoms. The Morgan fingerprint density at radius 3 is 2.79 bits per heavy atom. The van der Waals surface area contributed by atoms with Gasteiger partial charge in [0.05, 0.1) is 0 Å². The molecule has 0 saturated carbocycles. The van der Waals surface area contributed by atoms with E-state index in [1.54, 1.807) is 0 Å². The minimum atomic E-state index is 0.656. The lowest BCUT2D eigenvalue weighted by Crippen LogP contribution is -2.14. The van der Waals surface area contributed by atoms with Crippen LogP contribution in [0.3, 0.4) is 0 Å². The van der Waals surface area contributed by atoms with Gasteiger partial charge in [-0.15, -0.1) is 0 Å². The first-order chi connectivity index (χ1) is 6.77. The van der Waals surface area contributed by atoms with Gasteiger partial charge >= 0.3 is 0 Å². The van der Waals surface area contributed by atoms with Crippen LogP contribution in [0.25, 0.3) is 0 Å². The molecule has 1 aromatic carbocycles. The molecule has 14 heavy (non-hydrogen) atoms. The Kier molecular flexibility index (Phi) is 3.80. The van der Waals surface area contributed by atoms with Crippen LogP contribution in [-0.2, 0) is 6.42 Å². The zero-order valence-corrected chi connectivity index (χ0v) is 10.9. The van der Waals surface area contributed by atoms with Crippen molar-refractivity contribution in [2.45, 2.75) is 11.2 Å². The number of alkyl halides is 1. The second kappa shape index (κ2) is 4.91. The number of hydrogen-bond donors (Lipinski definition) is 0. The molecule has 1 aliphatic rings. The summed E-state index contributed by atoms with van der Waals surface area (Å²) < 4.78 is 0. The van der Waals surface area contributed by atoms with E-state index in [0.29, 0.717) is 4.83 Å². The van der Waals surface area contributed by atoms with Crippen molar-refractivity contribution in [3.8, 4) is 0 Å². The Morgan fingerprint density at radius 1 is 1.36 bits per heavy atom. The average Bonchev–Trinajstić information content (AvgIpc) is 2.56. The van der Waals surface area contributed by atoms with Crippen LogP contribution in [-0.4, -0.2) is 16.3 Å². The smallest absolute Gasteiger partial charge is 0.0438 e. The molecule has 0 nitrogen and oxygen atoms in total. The Balaban J connectivity index is 2.07. The van der Waals surface area contributed by atoms with Crippen LogP contribution in [0.2, 0.25) is 5.02 Å². The van der Waals surface area contributed by atoms with Gasteiger partial charge in [-0.1, -0.05) is 45.7 Å². The van der Waals surface area contributed by atoms with Crippen LogP contribution in [0.1, 0.15) is 5.56 Å². The molecule has 2 rings (SSSR count). The molecule has 1 aliphatic heterocycles. The molecule has 0 aliphatic carbocycles. The van der Waals surface area contributed by atoms with Crippen LogP contribution >= 0.6 is 39.3 Å². The summed E-state index contributed by atoms with van der Waals surface area (Å²) in [7, 11) is 0. The molecule has 76 valence electrons. The molecule has 0 N–H and O–H groups in total. The van der Waals surface area contributed by atoms with Crippen LogP contribution in [0.4, 0.5) is 0 Å². The van der Waals surface area contributed by atoms with Gasteiger partial charge in [-0.2, -0.15) is 11.8 Å². The van der Waals surface area contributed by atoms with Crippen molar-refractivity contribution >= 4 is 39.3 Å². The highest BCUT2D eigenvalue weighted by atomic mass is 79.9. The van der Waals surface area contributed by atoms with Crippen LogP contribution < -0.4 is 0 Å². The van der Waals surface area contributed by atoms with Crippen molar-refractivity contribution in [2.24, 2.45) is 5.92 Å². The fourth-order valence-electron chi connectivity index (χ4n) is 1.71. The van der Waals surface area contributed by atoms with Crippen molar-refractivity contribution in [1.82, 2.24) is 0 Å². The molecular formula is C11H12BrClS. The second-order valence-electron chi connectivity index (χ2n) is 3.61. The largest absolute Gasteiger partial charge is 0.160 e. The van der Waals surface area contributed by atoms with E-state index >= 15 is 0 Å². The number of rotatable bonds is 2. The lowest BCUT2D eigenvalue weighted by molar-refractivity contribution is 0.616. The van der Waals surface area contributed by atoms with Gasteiger partial charge < -0.3 is 0 Å². The molecule has 1 aromatic rings. The first-order valence-electron chi connectivity index (χ1n) is 4.72. The van der Waals surface area contributed by atoms with Crippen molar-refractivity contribution in [3.05, 3.63) is 34.9 Å². The number of hydrogen-bond acceptors (Lipinski definition) is 1. The van der Waals surface area contributed by atoms with Gasteiger partial charge in [0.1, 0.15) is 0 Å². The highest BCUT2D eigenvalue weighted by molar-refractivity contribution is 9.09. The standard InChI is InChI=1S/C11H12BrClS/c12-10-7-14-6-9(10)5-8-3-1-2-4-11(8)13/h1-4,9-10H,5-7H2. The zero-order chi connectivity index (χ0) is 9.97. The van der Waals surface area contributed by atoms with Gasteiger partial charge in [0.2, 0.25) is 0 Å². The quantitative estimate of drug-likeness (QED) is 0.742. The van der Waals surface area contributed by atoms with Crippen LogP contribution in [0.5, 0.6) is 0 Å². The minimum Gasteiger partial charge on any atom is -0.160 e. The van der Waals surface area contributed by atoms with Gasteiger partial charge in [0.25, 0.3) is 0 Å². The van der Waals surface area contributed by atoms with Gasteiger partial charge in [0, 0.05) is 15.6 Å². The van der Waals surface area contributed by atoms with Crippen LogP contribution in [0.15, 0.2) is 24.3 Å². The predicted octanol–water partition coefficient (Wildman–Crippen LogP) is 4.01. The second-order valence-corrected chi connectivity index (χ2v) is 6.27. The molecule has 2 atom stereocenters. The van der Waals surface area contributed by atoms with Crippen molar-refractivity contribution < 1.29 is 0 Å². The maximum atomic E-state index is 6.13. The summed E-state index contributed by atoms with van der Waals surface area (Å²) >= 11 is 11.9. The molecule has 0 aromatic heterocycles. The Hall–Kier alpha value is 0.340. The number of thioether (sulfide) groups is 1. The highest BCUT2D eigenvalue weighted by Crippen LogP contribution is 2.33. The third kappa shape index (κ3) is 2.47. The summed E-state index contributed by atoms with van der Waals surface area (Å²) in [6.45, 7) is 0. The van der Waals surface area contributed by atoms with Crippen molar-refractivity contribution in [1.29, 1.82) is 0 Å². The third-order valence-corrected chi connectivity index (χ3v) is 5.69. The van der Waals surface area contributed by atoms with Gasteiger partial charge in [-0.25, -0.2) is 0 Å². The molecular weight excluding hydrogens is 280 g/mol. The Labute approximate surface area is 103 Å². The van der Waals surface area contributed by atoms with E-state index in [2.05, 4.69) is 28.1 Å². The average molecular weight is 292 g/mol. The molecule has 0 amide bonds. The maximum absolute atomic E-state index is 6.13.